The summed E-state index contributed by atoms with van der Waals surface area (Å²) in [6.07, 6.45) is 2.59. The smallest absolute Gasteiger partial charge is 0.220 e. The van der Waals surface area contributed by atoms with Gasteiger partial charge in [0, 0.05) is 36.0 Å². The van der Waals surface area contributed by atoms with Crippen LogP contribution in [0.3, 0.4) is 0 Å². The molecule has 0 saturated heterocycles. The molecule has 0 fully saturated rings. The molecule has 4 heteroatoms. The summed E-state index contributed by atoms with van der Waals surface area (Å²) >= 11 is 0. The highest BCUT2D eigenvalue weighted by Crippen LogP contribution is 2.31. The maximum atomic E-state index is 12.2. The van der Waals surface area contributed by atoms with Crippen molar-refractivity contribution in [3.8, 4) is 5.75 Å². The Kier molecular flexibility index (Phi) is 5.61. The summed E-state index contributed by atoms with van der Waals surface area (Å²) in [4.78, 5) is 15.5. The highest BCUT2D eigenvalue weighted by molar-refractivity contribution is 5.84. The summed E-state index contributed by atoms with van der Waals surface area (Å²) in [5.74, 6) is 1.35. The predicted molar refractivity (Wildman–Crippen MR) is 106 cm³/mol. The Morgan fingerprint density at radius 2 is 1.85 bits per heavy atom. The van der Waals surface area contributed by atoms with E-state index in [1.165, 1.54) is 10.9 Å². The third-order valence-corrected chi connectivity index (χ3v) is 4.61. The van der Waals surface area contributed by atoms with Crippen LogP contribution in [0.5, 0.6) is 5.75 Å². The van der Waals surface area contributed by atoms with Gasteiger partial charge in [-0.2, -0.15) is 0 Å². The van der Waals surface area contributed by atoms with Crippen LogP contribution < -0.4 is 10.1 Å². The number of hydrogen-bond acceptors (Lipinski definition) is 2. The minimum Gasteiger partial charge on any atom is -0.497 e. The van der Waals surface area contributed by atoms with Crippen LogP contribution in [0, 0.1) is 5.92 Å². The second-order valence-electron chi connectivity index (χ2n) is 7.02. The predicted octanol–water partition coefficient (Wildman–Crippen LogP) is 4.47. The molecule has 0 saturated carbocycles. The SMILES string of the molecule is COc1ccc(C(CNC(=O)CC(C)C)c2c[nH]c3ccccc23)cc1. The lowest BCUT2D eigenvalue weighted by molar-refractivity contribution is -0.121. The summed E-state index contributed by atoms with van der Waals surface area (Å²) in [5.41, 5.74) is 3.45. The number of methoxy groups -OCH3 is 1. The molecule has 1 heterocycles. The van der Waals surface area contributed by atoms with Crippen molar-refractivity contribution in [1.82, 2.24) is 10.3 Å². The Labute approximate surface area is 154 Å². The molecule has 0 bridgehead atoms. The molecular weight excluding hydrogens is 324 g/mol. The standard InChI is InChI=1S/C22H26N2O2/c1-15(2)12-22(25)24-13-19(16-8-10-17(26-3)11-9-16)20-14-23-21-7-5-4-6-18(20)21/h4-11,14-15,19,23H,12-13H2,1-3H3,(H,24,25). The largest absolute Gasteiger partial charge is 0.497 e. The van der Waals surface area contributed by atoms with Crippen LogP contribution in [0.4, 0.5) is 0 Å². The molecule has 1 amide bonds. The van der Waals surface area contributed by atoms with Gasteiger partial charge in [-0.25, -0.2) is 0 Å². The van der Waals surface area contributed by atoms with Gasteiger partial charge in [-0.05, 0) is 35.2 Å². The van der Waals surface area contributed by atoms with Gasteiger partial charge in [0.2, 0.25) is 5.91 Å². The highest BCUT2D eigenvalue weighted by atomic mass is 16.5. The molecule has 0 radical (unpaired) electrons. The van der Waals surface area contributed by atoms with Crippen molar-refractivity contribution < 1.29 is 9.53 Å². The highest BCUT2D eigenvalue weighted by Gasteiger charge is 2.19. The van der Waals surface area contributed by atoms with Crippen molar-refractivity contribution in [2.24, 2.45) is 5.92 Å². The van der Waals surface area contributed by atoms with Gasteiger partial charge in [-0.3, -0.25) is 4.79 Å². The third kappa shape index (κ3) is 4.07. The summed E-state index contributed by atoms with van der Waals surface area (Å²) < 4.78 is 5.28. The van der Waals surface area contributed by atoms with Crippen molar-refractivity contribution >= 4 is 16.8 Å². The zero-order valence-electron chi connectivity index (χ0n) is 15.6. The minimum absolute atomic E-state index is 0.0770. The molecule has 3 rings (SSSR count). The Hall–Kier alpha value is -2.75. The number of benzene rings is 2. The number of carbonyl (C=O) groups is 1. The number of nitrogens with one attached hydrogen (secondary N) is 2. The molecule has 2 aromatic carbocycles. The van der Waals surface area contributed by atoms with Gasteiger partial charge in [0.1, 0.15) is 5.75 Å². The maximum Gasteiger partial charge on any atom is 0.220 e. The summed E-state index contributed by atoms with van der Waals surface area (Å²) in [7, 11) is 1.66. The van der Waals surface area contributed by atoms with Gasteiger partial charge in [0.05, 0.1) is 7.11 Å². The average molecular weight is 350 g/mol. The van der Waals surface area contributed by atoms with Crippen molar-refractivity contribution in [1.29, 1.82) is 0 Å². The topological polar surface area (TPSA) is 54.1 Å². The maximum absolute atomic E-state index is 12.2. The summed E-state index contributed by atoms with van der Waals surface area (Å²) in [6.45, 7) is 4.68. The number of ether oxygens (including phenoxy) is 1. The number of para-hydroxylation sites is 1. The normalized spacial score (nSPS) is 12.3. The van der Waals surface area contributed by atoms with Gasteiger partial charge in [0.25, 0.3) is 0 Å². The van der Waals surface area contributed by atoms with Crippen LogP contribution in [0.15, 0.2) is 54.7 Å². The number of hydrogen-bond donors (Lipinski definition) is 2. The number of aromatic amines is 1. The van der Waals surface area contributed by atoms with Crippen LogP contribution in [-0.4, -0.2) is 24.5 Å². The average Bonchev–Trinajstić information content (AvgIpc) is 3.06. The van der Waals surface area contributed by atoms with Crippen molar-refractivity contribution in [2.75, 3.05) is 13.7 Å². The van der Waals surface area contributed by atoms with E-state index in [4.69, 9.17) is 4.74 Å². The van der Waals surface area contributed by atoms with Crippen LogP contribution in [0.2, 0.25) is 0 Å². The van der Waals surface area contributed by atoms with Gasteiger partial charge in [0.15, 0.2) is 0 Å². The quantitative estimate of drug-likeness (QED) is 0.660. The van der Waals surface area contributed by atoms with E-state index in [1.54, 1.807) is 7.11 Å². The van der Waals surface area contributed by atoms with E-state index in [2.05, 4.69) is 48.4 Å². The first-order valence-electron chi connectivity index (χ1n) is 9.05. The zero-order valence-corrected chi connectivity index (χ0v) is 15.6. The fraction of sp³-hybridized carbons (Fsp3) is 0.318. The summed E-state index contributed by atoms with van der Waals surface area (Å²) in [6, 6.07) is 16.3. The first-order valence-corrected chi connectivity index (χ1v) is 9.05. The van der Waals surface area contributed by atoms with Crippen LogP contribution in [0.1, 0.15) is 37.3 Å². The first kappa shape index (κ1) is 18.1. The molecule has 4 nitrogen and oxygen atoms in total. The zero-order chi connectivity index (χ0) is 18.5. The molecule has 1 unspecified atom stereocenters. The Morgan fingerprint density at radius 1 is 1.12 bits per heavy atom. The van der Waals surface area contributed by atoms with E-state index in [1.807, 2.05) is 30.5 Å². The van der Waals surface area contributed by atoms with Crippen LogP contribution in [-0.2, 0) is 4.79 Å². The number of carbonyl (C=O) groups excluding carboxylic acids is 1. The van der Waals surface area contributed by atoms with E-state index >= 15 is 0 Å². The van der Waals surface area contributed by atoms with E-state index in [9.17, 15) is 4.79 Å². The van der Waals surface area contributed by atoms with E-state index in [0.717, 1.165) is 16.8 Å². The lowest BCUT2D eigenvalue weighted by atomic mass is 9.90. The molecule has 136 valence electrons. The molecule has 3 aromatic rings. The number of aromatic nitrogens is 1. The van der Waals surface area contributed by atoms with E-state index in [0.29, 0.717) is 18.9 Å². The fourth-order valence-electron chi connectivity index (χ4n) is 3.28. The Balaban J connectivity index is 1.91. The molecule has 1 atom stereocenters. The molecule has 0 aliphatic rings. The molecule has 0 spiro atoms. The monoisotopic (exact) mass is 350 g/mol. The molecule has 1 aromatic heterocycles. The molecular formula is C22H26N2O2. The third-order valence-electron chi connectivity index (χ3n) is 4.61. The second-order valence-corrected chi connectivity index (χ2v) is 7.02. The number of fused-ring (bicyclic) bond motifs is 1. The first-order chi connectivity index (χ1) is 12.6. The number of H-pyrrole nitrogens is 1. The Morgan fingerprint density at radius 3 is 2.54 bits per heavy atom. The van der Waals surface area contributed by atoms with Crippen molar-refractivity contribution in [3.05, 3.63) is 65.9 Å². The lowest BCUT2D eigenvalue weighted by Gasteiger charge is -2.19. The molecule has 0 aliphatic carbocycles. The second kappa shape index (κ2) is 8.09. The van der Waals surface area contributed by atoms with Crippen LogP contribution >= 0.6 is 0 Å². The lowest BCUT2D eigenvalue weighted by Crippen LogP contribution is -2.29. The van der Waals surface area contributed by atoms with Gasteiger partial charge >= 0.3 is 0 Å². The number of rotatable bonds is 7. The Bertz CT molecular complexity index is 865. The molecule has 26 heavy (non-hydrogen) atoms. The number of amides is 1. The van der Waals surface area contributed by atoms with Gasteiger partial charge in [-0.1, -0.05) is 44.2 Å². The molecule has 0 aliphatic heterocycles. The van der Waals surface area contributed by atoms with E-state index < -0.39 is 0 Å². The fourth-order valence-corrected chi connectivity index (χ4v) is 3.28. The molecule has 2 N–H and O–H groups in total. The van der Waals surface area contributed by atoms with E-state index in [-0.39, 0.29) is 11.8 Å². The van der Waals surface area contributed by atoms with Gasteiger partial charge in [-0.15, -0.1) is 0 Å². The minimum atomic E-state index is 0.0770. The van der Waals surface area contributed by atoms with Crippen LogP contribution in [0.25, 0.3) is 10.9 Å². The van der Waals surface area contributed by atoms with Gasteiger partial charge < -0.3 is 15.0 Å². The summed E-state index contributed by atoms with van der Waals surface area (Å²) in [5, 5.41) is 4.30. The van der Waals surface area contributed by atoms with Crippen molar-refractivity contribution in [3.63, 3.8) is 0 Å². The van der Waals surface area contributed by atoms with Crippen molar-refractivity contribution in [2.45, 2.75) is 26.2 Å².